The molecule has 0 amide bonds. The maximum atomic E-state index is 13.3. The second-order valence-corrected chi connectivity index (χ2v) is 4.56. The lowest BCUT2D eigenvalue weighted by atomic mass is 10.0. The molecule has 1 aliphatic rings. The second-order valence-electron chi connectivity index (χ2n) is 4.56. The number of likely N-dealkylation sites (tertiary alicyclic amines) is 1. The van der Waals surface area contributed by atoms with Crippen molar-refractivity contribution in [2.75, 3.05) is 13.1 Å². The number of benzene rings is 1. The molecule has 0 saturated carbocycles. The van der Waals surface area contributed by atoms with E-state index in [1.807, 2.05) is 13.0 Å². The molecule has 1 N–H and O–H groups in total. The molecule has 1 aromatic rings. The maximum absolute atomic E-state index is 13.3. The highest BCUT2D eigenvalue weighted by Crippen LogP contribution is 2.17. The van der Waals surface area contributed by atoms with E-state index in [4.69, 9.17) is 0 Å². The van der Waals surface area contributed by atoms with E-state index in [9.17, 15) is 9.50 Å². The lowest BCUT2D eigenvalue weighted by Gasteiger charge is -2.30. The van der Waals surface area contributed by atoms with Gasteiger partial charge in [0.15, 0.2) is 0 Å². The highest BCUT2D eigenvalue weighted by molar-refractivity contribution is 5.27. The summed E-state index contributed by atoms with van der Waals surface area (Å²) in [4.78, 5) is 2.19. The maximum Gasteiger partial charge on any atom is 0.126 e. The van der Waals surface area contributed by atoms with Crippen LogP contribution >= 0.6 is 0 Å². The lowest BCUT2D eigenvalue weighted by Crippen LogP contribution is -2.37. The van der Waals surface area contributed by atoms with E-state index in [0.717, 1.165) is 37.1 Å². The molecule has 1 aliphatic heterocycles. The molecular weight excluding hydrogens is 205 g/mol. The first-order valence-corrected chi connectivity index (χ1v) is 5.81. The fourth-order valence-corrected chi connectivity index (χ4v) is 2.24. The molecule has 0 aliphatic carbocycles. The Labute approximate surface area is 95.7 Å². The van der Waals surface area contributed by atoms with Gasteiger partial charge in [0.25, 0.3) is 0 Å². The highest BCUT2D eigenvalue weighted by Gasteiger charge is 2.18. The Morgan fingerprint density at radius 2 is 2.31 bits per heavy atom. The summed E-state index contributed by atoms with van der Waals surface area (Å²) in [6.45, 7) is 4.24. The lowest BCUT2D eigenvalue weighted by molar-refractivity contribution is 0.0667. The van der Waals surface area contributed by atoms with Gasteiger partial charge in [0, 0.05) is 13.1 Å². The summed E-state index contributed by atoms with van der Waals surface area (Å²) in [5, 5.41) is 9.57. The van der Waals surface area contributed by atoms with E-state index in [-0.39, 0.29) is 11.9 Å². The molecule has 2 rings (SSSR count). The van der Waals surface area contributed by atoms with Gasteiger partial charge in [-0.3, -0.25) is 4.90 Å². The van der Waals surface area contributed by atoms with Crippen molar-refractivity contribution in [3.63, 3.8) is 0 Å². The molecule has 0 unspecified atom stereocenters. The van der Waals surface area contributed by atoms with Crippen LogP contribution in [0.25, 0.3) is 0 Å². The Balaban J connectivity index is 2.05. The SMILES string of the molecule is Cc1c(F)cccc1CN1CCC[C@H](O)C1. The summed E-state index contributed by atoms with van der Waals surface area (Å²) in [5.74, 6) is -0.143. The topological polar surface area (TPSA) is 23.5 Å². The summed E-state index contributed by atoms with van der Waals surface area (Å²) in [6, 6.07) is 5.20. The van der Waals surface area contributed by atoms with Crippen molar-refractivity contribution in [2.45, 2.75) is 32.4 Å². The third kappa shape index (κ3) is 2.60. The standard InChI is InChI=1S/C13H18FNO/c1-10-11(4-2-6-13(10)14)8-15-7-3-5-12(16)9-15/h2,4,6,12,16H,3,5,7-9H2,1H3/t12-/m0/s1. The first-order valence-electron chi connectivity index (χ1n) is 5.81. The van der Waals surface area contributed by atoms with Crippen molar-refractivity contribution in [3.05, 3.63) is 35.1 Å². The predicted molar refractivity (Wildman–Crippen MR) is 61.7 cm³/mol. The zero-order valence-corrected chi connectivity index (χ0v) is 9.62. The van der Waals surface area contributed by atoms with Gasteiger partial charge in [0.2, 0.25) is 0 Å². The number of aliphatic hydroxyl groups excluding tert-OH is 1. The Kier molecular flexibility index (Phi) is 3.56. The number of hydrogen-bond acceptors (Lipinski definition) is 2. The molecule has 16 heavy (non-hydrogen) atoms. The molecule has 1 fully saturated rings. The minimum Gasteiger partial charge on any atom is -0.392 e. The molecule has 0 bridgehead atoms. The molecule has 1 heterocycles. The normalized spacial score (nSPS) is 22.3. The number of piperidine rings is 1. The van der Waals surface area contributed by atoms with Gasteiger partial charge in [-0.25, -0.2) is 4.39 Å². The quantitative estimate of drug-likeness (QED) is 0.830. The van der Waals surface area contributed by atoms with Crippen LogP contribution in [0.15, 0.2) is 18.2 Å². The zero-order valence-electron chi connectivity index (χ0n) is 9.62. The van der Waals surface area contributed by atoms with Crippen LogP contribution in [0.4, 0.5) is 4.39 Å². The number of aliphatic hydroxyl groups is 1. The van der Waals surface area contributed by atoms with Gasteiger partial charge in [-0.15, -0.1) is 0 Å². The Morgan fingerprint density at radius 1 is 1.50 bits per heavy atom. The molecule has 1 saturated heterocycles. The van der Waals surface area contributed by atoms with E-state index in [2.05, 4.69) is 4.90 Å². The van der Waals surface area contributed by atoms with Crippen molar-refractivity contribution in [1.82, 2.24) is 4.90 Å². The van der Waals surface area contributed by atoms with Gasteiger partial charge in [0.1, 0.15) is 5.82 Å². The number of β-amino-alcohol motifs (C(OH)–C–C–N with tert-alkyl or cyclic N) is 1. The highest BCUT2D eigenvalue weighted by atomic mass is 19.1. The van der Waals surface area contributed by atoms with Gasteiger partial charge in [0.05, 0.1) is 6.10 Å². The van der Waals surface area contributed by atoms with E-state index in [0.29, 0.717) is 6.54 Å². The van der Waals surface area contributed by atoms with Gasteiger partial charge >= 0.3 is 0 Å². The smallest absolute Gasteiger partial charge is 0.126 e. The van der Waals surface area contributed by atoms with Crippen LogP contribution < -0.4 is 0 Å². The third-order valence-electron chi connectivity index (χ3n) is 3.25. The largest absolute Gasteiger partial charge is 0.392 e. The van der Waals surface area contributed by atoms with Crippen LogP contribution in [0.5, 0.6) is 0 Å². The number of halogens is 1. The van der Waals surface area contributed by atoms with Crippen LogP contribution in [-0.4, -0.2) is 29.2 Å². The number of hydrogen-bond donors (Lipinski definition) is 1. The van der Waals surface area contributed by atoms with Gasteiger partial charge < -0.3 is 5.11 Å². The fraction of sp³-hybridized carbons (Fsp3) is 0.538. The molecule has 2 nitrogen and oxygen atoms in total. The molecule has 88 valence electrons. The third-order valence-corrected chi connectivity index (χ3v) is 3.25. The van der Waals surface area contributed by atoms with Crippen LogP contribution in [-0.2, 0) is 6.54 Å². The van der Waals surface area contributed by atoms with E-state index in [1.54, 1.807) is 6.07 Å². The minimum atomic E-state index is -0.220. The monoisotopic (exact) mass is 223 g/mol. The minimum absolute atomic E-state index is 0.143. The van der Waals surface area contributed by atoms with Gasteiger partial charge in [-0.05, 0) is 43.5 Å². The second kappa shape index (κ2) is 4.93. The van der Waals surface area contributed by atoms with Crippen molar-refractivity contribution in [1.29, 1.82) is 0 Å². The molecule has 1 aromatic carbocycles. The zero-order chi connectivity index (χ0) is 11.5. The van der Waals surface area contributed by atoms with Crippen LogP contribution in [0.1, 0.15) is 24.0 Å². The summed E-state index contributed by atoms with van der Waals surface area (Å²) < 4.78 is 13.3. The predicted octanol–water partition coefficient (Wildman–Crippen LogP) is 2.09. The fourth-order valence-electron chi connectivity index (χ4n) is 2.24. The summed E-state index contributed by atoms with van der Waals surface area (Å²) in [7, 11) is 0. The molecule has 0 spiro atoms. The van der Waals surface area contributed by atoms with Crippen molar-refractivity contribution >= 4 is 0 Å². The average Bonchev–Trinajstić information content (AvgIpc) is 2.25. The summed E-state index contributed by atoms with van der Waals surface area (Å²) in [6.07, 6.45) is 1.69. The average molecular weight is 223 g/mol. The molecule has 0 radical (unpaired) electrons. The molecule has 0 aromatic heterocycles. The summed E-state index contributed by atoms with van der Waals surface area (Å²) in [5.41, 5.74) is 1.75. The Bertz CT molecular complexity index is 367. The van der Waals surface area contributed by atoms with Gasteiger partial charge in [-0.1, -0.05) is 12.1 Å². The molecule has 1 atom stereocenters. The number of nitrogens with zero attached hydrogens (tertiary/aromatic N) is 1. The number of rotatable bonds is 2. The van der Waals surface area contributed by atoms with Crippen LogP contribution in [0.2, 0.25) is 0 Å². The van der Waals surface area contributed by atoms with Crippen molar-refractivity contribution < 1.29 is 9.50 Å². The summed E-state index contributed by atoms with van der Waals surface area (Å²) >= 11 is 0. The van der Waals surface area contributed by atoms with Gasteiger partial charge in [-0.2, -0.15) is 0 Å². The van der Waals surface area contributed by atoms with E-state index < -0.39 is 0 Å². The Morgan fingerprint density at radius 3 is 3.06 bits per heavy atom. The first-order chi connectivity index (χ1) is 7.66. The molecule has 3 heteroatoms. The van der Waals surface area contributed by atoms with Crippen molar-refractivity contribution in [3.8, 4) is 0 Å². The van der Waals surface area contributed by atoms with Crippen LogP contribution in [0.3, 0.4) is 0 Å². The van der Waals surface area contributed by atoms with E-state index >= 15 is 0 Å². The van der Waals surface area contributed by atoms with Crippen molar-refractivity contribution in [2.24, 2.45) is 0 Å². The molecular formula is C13H18FNO. The van der Waals surface area contributed by atoms with E-state index in [1.165, 1.54) is 6.07 Å². The Hall–Kier alpha value is -0.930. The van der Waals surface area contributed by atoms with Crippen LogP contribution in [0, 0.1) is 12.7 Å². The first kappa shape index (κ1) is 11.6.